The van der Waals surface area contributed by atoms with E-state index in [1.165, 1.54) is 5.56 Å². The average molecular weight is 285 g/mol. The highest BCUT2D eigenvalue weighted by molar-refractivity contribution is 5.85. The number of nitrogens with one attached hydrogen (secondary N) is 1. The van der Waals surface area contributed by atoms with Gasteiger partial charge in [-0.05, 0) is 26.0 Å². The smallest absolute Gasteiger partial charge is 0.237 e. The lowest BCUT2D eigenvalue weighted by Crippen LogP contribution is -2.39. The number of benzene rings is 1. The monoisotopic (exact) mass is 284 g/mol. The molecule has 0 heterocycles. The second kappa shape index (κ2) is 9.82. The minimum Gasteiger partial charge on any atom is -0.335 e. The molecule has 1 atom stereocenters. The Morgan fingerprint density at radius 3 is 2.47 bits per heavy atom. The quantitative estimate of drug-likeness (QED) is 0.835. The summed E-state index contributed by atoms with van der Waals surface area (Å²) in [6.45, 7) is 5.47. The Kier molecular flexibility index (Phi) is 9.27. The van der Waals surface area contributed by atoms with Crippen molar-refractivity contribution in [1.29, 1.82) is 0 Å². The van der Waals surface area contributed by atoms with Gasteiger partial charge in [-0.1, -0.05) is 43.7 Å². The van der Waals surface area contributed by atoms with E-state index in [1.807, 2.05) is 30.1 Å². The number of likely N-dealkylation sites (N-methyl/N-ethyl adjacent to an activating group) is 1. The van der Waals surface area contributed by atoms with Crippen LogP contribution in [0.4, 0.5) is 0 Å². The average Bonchev–Trinajstić information content (AvgIpc) is 2.40. The number of halogens is 1. The Morgan fingerprint density at radius 1 is 1.32 bits per heavy atom. The van der Waals surface area contributed by atoms with Crippen LogP contribution >= 0.6 is 12.4 Å². The second-order valence-electron chi connectivity index (χ2n) is 4.56. The highest BCUT2D eigenvalue weighted by Crippen LogP contribution is 2.20. The van der Waals surface area contributed by atoms with Gasteiger partial charge in [0.05, 0.1) is 12.6 Å². The number of unbranched alkanes of at least 4 members (excludes halogenated alkanes) is 1. The van der Waals surface area contributed by atoms with Gasteiger partial charge in [-0.25, -0.2) is 0 Å². The van der Waals surface area contributed by atoms with Crippen molar-refractivity contribution in [3.63, 3.8) is 0 Å². The summed E-state index contributed by atoms with van der Waals surface area (Å²) in [6.07, 6.45) is 2.15. The number of carbonyl (C=O) groups excluding carboxylic acids is 1. The molecule has 0 saturated carbocycles. The Balaban J connectivity index is 0.00000324. The molecule has 0 fully saturated rings. The highest BCUT2D eigenvalue weighted by Gasteiger charge is 2.19. The molecule has 0 bridgehead atoms. The van der Waals surface area contributed by atoms with Crippen molar-refractivity contribution in [2.45, 2.75) is 32.7 Å². The van der Waals surface area contributed by atoms with Crippen LogP contribution in [0.3, 0.4) is 0 Å². The predicted molar refractivity (Wildman–Crippen MR) is 82.7 cm³/mol. The number of rotatable bonds is 7. The number of nitrogens with zero attached hydrogens (tertiary/aromatic N) is 1. The minimum absolute atomic E-state index is 0. The molecule has 1 N–H and O–H groups in total. The first kappa shape index (κ1) is 17.9. The summed E-state index contributed by atoms with van der Waals surface area (Å²) in [4.78, 5) is 14.1. The summed E-state index contributed by atoms with van der Waals surface area (Å²) in [5.74, 6) is 0.169. The van der Waals surface area contributed by atoms with Gasteiger partial charge in [0.1, 0.15) is 0 Å². The van der Waals surface area contributed by atoms with Gasteiger partial charge in [-0.3, -0.25) is 4.79 Å². The van der Waals surface area contributed by atoms with Crippen LogP contribution < -0.4 is 5.32 Å². The SMILES string of the molecule is CCCCN(C(=O)CNC)C(C)c1ccccc1.Cl. The summed E-state index contributed by atoms with van der Waals surface area (Å²) < 4.78 is 0. The molecule has 0 aromatic heterocycles. The van der Waals surface area contributed by atoms with E-state index < -0.39 is 0 Å². The molecule has 0 aliphatic rings. The first-order chi connectivity index (χ1) is 8.70. The van der Waals surface area contributed by atoms with Crippen molar-refractivity contribution in [1.82, 2.24) is 10.2 Å². The van der Waals surface area contributed by atoms with Gasteiger partial charge < -0.3 is 10.2 Å². The molecular weight excluding hydrogens is 260 g/mol. The zero-order valence-corrected chi connectivity index (χ0v) is 12.9. The van der Waals surface area contributed by atoms with Crippen molar-refractivity contribution in [2.24, 2.45) is 0 Å². The molecule has 0 radical (unpaired) electrons. The van der Waals surface area contributed by atoms with Gasteiger partial charge in [-0.2, -0.15) is 0 Å². The predicted octanol–water partition coefficient (Wildman–Crippen LogP) is 3.02. The molecule has 1 rings (SSSR count). The summed E-state index contributed by atoms with van der Waals surface area (Å²) in [6, 6.07) is 10.3. The third-order valence-electron chi connectivity index (χ3n) is 3.15. The Bertz CT molecular complexity index is 356. The van der Waals surface area contributed by atoms with Gasteiger partial charge in [0, 0.05) is 6.54 Å². The number of hydrogen-bond donors (Lipinski definition) is 1. The van der Waals surface area contributed by atoms with Crippen LogP contribution in [-0.2, 0) is 4.79 Å². The summed E-state index contributed by atoms with van der Waals surface area (Å²) >= 11 is 0. The maximum absolute atomic E-state index is 12.1. The standard InChI is InChI=1S/C15H24N2O.ClH/c1-4-5-11-17(15(18)12-16-3)13(2)14-9-7-6-8-10-14;/h6-10,13,16H,4-5,11-12H2,1-3H3;1H. The topological polar surface area (TPSA) is 32.3 Å². The van der Waals surface area contributed by atoms with Crippen LogP contribution in [0.25, 0.3) is 0 Å². The first-order valence-electron chi connectivity index (χ1n) is 6.69. The second-order valence-corrected chi connectivity index (χ2v) is 4.56. The lowest BCUT2D eigenvalue weighted by atomic mass is 10.1. The minimum atomic E-state index is 0. The van der Waals surface area contributed by atoms with E-state index in [0.717, 1.165) is 19.4 Å². The fourth-order valence-corrected chi connectivity index (χ4v) is 2.03. The van der Waals surface area contributed by atoms with Crippen molar-refractivity contribution >= 4 is 18.3 Å². The van der Waals surface area contributed by atoms with E-state index in [-0.39, 0.29) is 24.4 Å². The van der Waals surface area contributed by atoms with Crippen molar-refractivity contribution in [3.05, 3.63) is 35.9 Å². The molecule has 1 unspecified atom stereocenters. The Hall–Kier alpha value is -1.06. The van der Waals surface area contributed by atoms with Crippen molar-refractivity contribution < 1.29 is 4.79 Å². The van der Waals surface area contributed by atoms with E-state index in [9.17, 15) is 4.79 Å². The zero-order valence-electron chi connectivity index (χ0n) is 12.1. The summed E-state index contributed by atoms with van der Waals surface area (Å²) in [7, 11) is 1.81. The third kappa shape index (κ3) is 5.62. The number of carbonyl (C=O) groups is 1. The molecule has 0 aliphatic carbocycles. The molecule has 1 amide bonds. The fraction of sp³-hybridized carbons (Fsp3) is 0.533. The van der Waals surface area contributed by atoms with E-state index in [2.05, 4.69) is 31.3 Å². The molecule has 0 saturated heterocycles. The van der Waals surface area contributed by atoms with Crippen molar-refractivity contribution in [2.75, 3.05) is 20.1 Å². The third-order valence-corrected chi connectivity index (χ3v) is 3.15. The van der Waals surface area contributed by atoms with Gasteiger partial charge >= 0.3 is 0 Å². The van der Waals surface area contributed by atoms with Crippen LogP contribution in [0.15, 0.2) is 30.3 Å². The number of amides is 1. The molecule has 108 valence electrons. The lowest BCUT2D eigenvalue weighted by molar-refractivity contribution is -0.132. The first-order valence-corrected chi connectivity index (χ1v) is 6.69. The normalized spacial score (nSPS) is 11.5. The molecule has 3 nitrogen and oxygen atoms in total. The van der Waals surface area contributed by atoms with Gasteiger partial charge in [-0.15, -0.1) is 12.4 Å². The molecule has 1 aromatic carbocycles. The molecule has 19 heavy (non-hydrogen) atoms. The van der Waals surface area contributed by atoms with E-state index >= 15 is 0 Å². The van der Waals surface area contributed by atoms with Crippen molar-refractivity contribution in [3.8, 4) is 0 Å². The fourth-order valence-electron chi connectivity index (χ4n) is 2.03. The maximum Gasteiger partial charge on any atom is 0.237 e. The molecular formula is C15H25ClN2O. The van der Waals surface area contributed by atoms with Gasteiger partial charge in [0.25, 0.3) is 0 Å². The molecule has 4 heteroatoms. The zero-order chi connectivity index (χ0) is 13.4. The molecule has 0 spiro atoms. The van der Waals surface area contributed by atoms with E-state index in [1.54, 1.807) is 0 Å². The highest BCUT2D eigenvalue weighted by atomic mass is 35.5. The van der Waals surface area contributed by atoms with Crippen LogP contribution in [0.5, 0.6) is 0 Å². The van der Waals surface area contributed by atoms with E-state index in [0.29, 0.717) is 6.54 Å². The van der Waals surface area contributed by atoms with E-state index in [4.69, 9.17) is 0 Å². The summed E-state index contributed by atoms with van der Waals surface area (Å²) in [5, 5.41) is 2.94. The van der Waals surface area contributed by atoms with Crippen LogP contribution in [0.1, 0.15) is 38.3 Å². The molecule has 0 aliphatic heterocycles. The number of hydrogen-bond acceptors (Lipinski definition) is 2. The molecule has 1 aromatic rings. The Morgan fingerprint density at radius 2 is 1.95 bits per heavy atom. The lowest BCUT2D eigenvalue weighted by Gasteiger charge is -2.29. The van der Waals surface area contributed by atoms with Crippen LogP contribution in [0.2, 0.25) is 0 Å². The van der Waals surface area contributed by atoms with Crippen LogP contribution in [-0.4, -0.2) is 30.9 Å². The Labute approximate surface area is 122 Å². The summed E-state index contributed by atoms with van der Waals surface area (Å²) in [5.41, 5.74) is 1.19. The van der Waals surface area contributed by atoms with Gasteiger partial charge in [0.15, 0.2) is 0 Å². The largest absolute Gasteiger partial charge is 0.335 e. The van der Waals surface area contributed by atoms with Gasteiger partial charge in [0.2, 0.25) is 5.91 Å². The van der Waals surface area contributed by atoms with Crippen LogP contribution in [0, 0.1) is 0 Å². The maximum atomic E-state index is 12.1.